The van der Waals surface area contributed by atoms with Crippen molar-refractivity contribution in [1.82, 2.24) is 9.55 Å². The van der Waals surface area contributed by atoms with Crippen LogP contribution in [0.4, 0.5) is 5.69 Å². The van der Waals surface area contributed by atoms with Crippen LogP contribution in [-0.2, 0) is 20.1 Å². The predicted octanol–water partition coefficient (Wildman–Crippen LogP) is 9.17. The molecule has 44 heavy (non-hydrogen) atoms. The number of unbranched alkanes of at least 4 members (excludes halogenated alkanes) is 1. The third kappa shape index (κ3) is 6.56. The Hall–Kier alpha value is -4.40. The molecule has 0 bridgehead atoms. The number of hydrogen-bond donors (Lipinski definition) is 0. The molecule has 1 radical (unpaired) electrons. The summed E-state index contributed by atoms with van der Waals surface area (Å²) < 4.78 is 6.48. The summed E-state index contributed by atoms with van der Waals surface area (Å²) in [7, 11) is 0. The molecule has 221 valence electrons. The molecular weight excluding hydrogens is 717 g/mol. The summed E-state index contributed by atoms with van der Waals surface area (Å²) in [5.41, 5.74) is 10.3. The van der Waals surface area contributed by atoms with Crippen molar-refractivity contribution in [3.8, 4) is 16.9 Å². The molecule has 0 atom stereocenters. The Bertz CT molecular complexity index is 2010. The summed E-state index contributed by atoms with van der Waals surface area (Å²) in [5.74, 6) is 0. The predicted molar refractivity (Wildman–Crippen MR) is 176 cm³/mol. The molecular formula is C39H36IrN4. The van der Waals surface area contributed by atoms with Gasteiger partial charge in [0.05, 0.1) is 0 Å². The van der Waals surface area contributed by atoms with E-state index in [-0.39, 0.29) is 20.1 Å². The van der Waals surface area contributed by atoms with Crippen LogP contribution in [0.15, 0.2) is 110 Å². The number of fused-ring (bicyclic) bond motifs is 3. The molecule has 0 aliphatic carbocycles. The molecule has 0 fully saturated rings. The van der Waals surface area contributed by atoms with Crippen molar-refractivity contribution >= 4 is 33.5 Å². The first kappa shape index (κ1) is 31.0. The number of pyridine rings is 1. The van der Waals surface area contributed by atoms with Crippen LogP contribution in [0.25, 0.3) is 38.8 Å². The van der Waals surface area contributed by atoms with Gasteiger partial charge in [-0.3, -0.25) is 0 Å². The first-order valence-electron chi connectivity index (χ1n) is 14.9. The van der Waals surface area contributed by atoms with Crippen LogP contribution < -0.4 is 0 Å². The van der Waals surface area contributed by atoms with Crippen LogP contribution in [0.2, 0.25) is 0 Å². The van der Waals surface area contributed by atoms with E-state index in [0.29, 0.717) is 0 Å². The summed E-state index contributed by atoms with van der Waals surface area (Å²) in [6.45, 7) is 9.45. The van der Waals surface area contributed by atoms with Gasteiger partial charge in [0.15, 0.2) is 6.54 Å². The number of rotatable bonds is 6. The van der Waals surface area contributed by atoms with Crippen LogP contribution in [0, 0.1) is 32.9 Å². The summed E-state index contributed by atoms with van der Waals surface area (Å²) in [4.78, 5) is 4.41. The van der Waals surface area contributed by atoms with E-state index in [1.165, 1.54) is 50.6 Å². The second-order valence-corrected chi connectivity index (χ2v) is 11.1. The Morgan fingerprint density at radius 3 is 2.34 bits per heavy atom. The van der Waals surface area contributed by atoms with Gasteiger partial charge in [0.1, 0.15) is 5.69 Å². The third-order valence-corrected chi connectivity index (χ3v) is 7.86. The Morgan fingerprint density at radius 1 is 0.795 bits per heavy atom. The summed E-state index contributed by atoms with van der Waals surface area (Å²) in [6, 6.07) is 41.8. The molecule has 0 saturated heterocycles. The molecule has 0 saturated carbocycles. The standard InChI is InChI=1S/C25H22N3.C14H14N.Ir/c1-2-3-15-26-16-17-27(19-26)21-13-14-23-22-11-7-8-12-24(22)28(25(23)18-21)20-9-5-4-6-10-20;1-10-4-6-13(7-5-10)14-8-11(2)12(3)9-15-14;/h4-12,14,16-18H,2-3,15H2,1H3;4-6,8-9H,1-3H3;/q+1;-1;. The van der Waals surface area contributed by atoms with Gasteiger partial charge in [-0.1, -0.05) is 83.5 Å². The maximum Gasteiger partial charge on any atom is 0.493 e. The van der Waals surface area contributed by atoms with E-state index >= 15 is 0 Å². The van der Waals surface area contributed by atoms with Crippen molar-refractivity contribution in [2.75, 3.05) is 6.54 Å². The molecule has 3 heterocycles. The van der Waals surface area contributed by atoms with Crippen LogP contribution in [0.1, 0.15) is 36.5 Å². The first-order chi connectivity index (χ1) is 21.0. The number of nitrogens with zero attached hydrogens (tertiary/aromatic N) is 4. The average Bonchev–Trinajstić information content (AvgIpc) is 3.65. The zero-order valence-electron chi connectivity index (χ0n) is 25.6. The van der Waals surface area contributed by atoms with E-state index in [2.05, 4.69) is 157 Å². The minimum Gasteiger partial charge on any atom is -0.334 e. The van der Waals surface area contributed by atoms with Gasteiger partial charge in [0.2, 0.25) is 6.20 Å². The van der Waals surface area contributed by atoms with E-state index in [1.54, 1.807) is 0 Å². The fourth-order valence-electron chi connectivity index (χ4n) is 5.26. The van der Waals surface area contributed by atoms with Gasteiger partial charge in [-0.05, 0) is 54.2 Å². The van der Waals surface area contributed by atoms with Crippen molar-refractivity contribution in [2.24, 2.45) is 0 Å². The van der Waals surface area contributed by atoms with E-state index in [1.807, 2.05) is 16.8 Å². The summed E-state index contributed by atoms with van der Waals surface area (Å²) >= 11 is 0. The van der Waals surface area contributed by atoms with Gasteiger partial charge in [-0.2, -0.15) is 6.07 Å². The van der Waals surface area contributed by atoms with Crippen molar-refractivity contribution in [2.45, 2.75) is 40.5 Å². The van der Waals surface area contributed by atoms with Crippen molar-refractivity contribution in [1.29, 1.82) is 0 Å². The Morgan fingerprint density at radius 2 is 1.59 bits per heavy atom. The summed E-state index contributed by atoms with van der Waals surface area (Å²) in [6.07, 6.45) is 8.40. The van der Waals surface area contributed by atoms with E-state index in [0.717, 1.165) is 29.9 Å². The normalized spacial score (nSPS) is 12.0. The second kappa shape index (κ2) is 13.9. The van der Waals surface area contributed by atoms with E-state index < -0.39 is 0 Å². The Labute approximate surface area is 273 Å². The van der Waals surface area contributed by atoms with Gasteiger partial charge in [-0.15, -0.1) is 46.8 Å². The number of aromatic nitrogens is 2. The molecule has 5 heteroatoms. The molecule has 7 rings (SSSR count). The molecule has 0 amide bonds. The van der Waals surface area contributed by atoms with Crippen molar-refractivity contribution in [3.05, 3.63) is 138 Å². The quantitative estimate of drug-likeness (QED) is 0.123. The number of hydrogen-bond acceptors (Lipinski definition) is 1. The molecule has 4 nitrogen and oxygen atoms in total. The SMILES string of the molecule is CCCC[N+]1=C=[N+](c2[c-]cc3c4ccccc4n(-c4ccccc4)c3c2)C=C1.Cc1c[c-]c(-c2cc(C)c(C)cn2)cc1.[Ir]. The number of aryl methyl sites for hydroxylation is 3. The van der Waals surface area contributed by atoms with Gasteiger partial charge >= 0.3 is 6.01 Å². The molecule has 0 spiro atoms. The fraction of sp³-hybridized carbons (Fsp3) is 0.179. The Kier molecular flexibility index (Phi) is 9.82. The van der Waals surface area contributed by atoms with Crippen LogP contribution in [0.5, 0.6) is 0 Å². The molecule has 1 aliphatic rings. The maximum absolute atomic E-state index is 4.41. The first-order valence-corrected chi connectivity index (χ1v) is 14.9. The molecule has 2 aromatic heterocycles. The Balaban J connectivity index is 0.000000204. The van der Waals surface area contributed by atoms with Crippen LogP contribution in [-0.4, -0.2) is 31.3 Å². The molecule has 0 N–H and O–H groups in total. The average molecular weight is 753 g/mol. The zero-order chi connectivity index (χ0) is 29.8. The molecule has 1 aliphatic heterocycles. The molecule has 6 aromatic rings. The van der Waals surface area contributed by atoms with Gasteiger partial charge in [-0.25, -0.2) is 0 Å². The van der Waals surface area contributed by atoms with E-state index in [9.17, 15) is 0 Å². The van der Waals surface area contributed by atoms with Gasteiger partial charge in [0, 0.05) is 43.9 Å². The minimum absolute atomic E-state index is 0. The van der Waals surface area contributed by atoms with Crippen molar-refractivity contribution in [3.63, 3.8) is 0 Å². The smallest absolute Gasteiger partial charge is 0.334 e. The van der Waals surface area contributed by atoms with Crippen molar-refractivity contribution < 1.29 is 29.3 Å². The van der Waals surface area contributed by atoms with Crippen LogP contribution in [0.3, 0.4) is 0 Å². The molecule has 4 aromatic carbocycles. The topological polar surface area (TPSA) is 23.8 Å². The number of benzene rings is 4. The zero-order valence-corrected chi connectivity index (χ0v) is 28.0. The summed E-state index contributed by atoms with van der Waals surface area (Å²) in [5, 5.41) is 2.47. The number of para-hydroxylation sites is 2. The van der Waals surface area contributed by atoms with Crippen LogP contribution >= 0.6 is 0 Å². The molecule has 0 unspecified atom stereocenters. The fourth-order valence-corrected chi connectivity index (χ4v) is 5.26. The maximum atomic E-state index is 4.41. The third-order valence-electron chi connectivity index (χ3n) is 7.86. The van der Waals surface area contributed by atoms with E-state index in [4.69, 9.17) is 0 Å². The second-order valence-electron chi connectivity index (χ2n) is 11.1. The van der Waals surface area contributed by atoms with Gasteiger partial charge in [0.25, 0.3) is 6.20 Å². The minimum atomic E-state index is 0. The largest absolute Gasteiger partial charge is 0.493 e. The monoisotopic (exact) mass is 753 g/mol. The van der Waals surface area contributed by atoms with Gasteiger partial charge < -0.3 is 9.55 Å².